The third kappa shape index (κ3) is 5.81. The second-order valence-electron chi connectivity index (χ2n) is 9.42. The van der Waals surface area contributed by atoms with Crippen LogP contribution in [0.2, 0.25) is 25.7 Å². The molecule has 0 unspecified atom stereocenters. The van der Waals surface area contributed by atoms with Crippen molar-refractivity contribution in [2.45, 2.75) is 52.3 Å². The Morgan fingerprint density at radius 2 is 2.03 bits per heavy atom. The molecule has 0 saturated carbocycles. The Kier molecular flexibility index (Phi) is 7.47. The fourth-order valence-corrected chi connectivity index (χ4v) is 4.19. The first-order chi connectivity index (χ1) is 15.1. The van der Waals surface area contributed by atoms with E-state index < -0.39 is 8.07 Å². The Morgan fingerprint density at radius 3 is 2.66 bits per heavy atom. The van der Waals surface area contributed by atoms with Crippen LogP contribution in [0.3, 0.4) is 0 Å². The monoisotopic (exact) mass is 458 g/mol. The average molecular weight is 459 g/mol. The fraction of sp³-hybridized carbons (Fsp3) is 0.545. The van der Waals surface area contributed by atoms with Gasteiger partial charge in [0.1, 0.15) is 12.2 Å². The third-order valence-corrected chi connectivity index (χ3v) is 6.82. The molecule has 0 spiro atoms. The lowest BCUT2D eigenvalue weighted by molar-refractivity contribution is 0.0881. The Balaban J connectivity index is 1.95. The molecule has 0 aliphatic rings. The largest absolute Gasteiger partial charge is 0.383 e. The van der Waals surface area contributed by atoms with Crippen LogP contribution in [0, 0.1) is 6.92 Å². The van der Waals surface area contributed by atoms with Crippen molar-refractivity contribution in [2.75, 3.05) is 20.3 Å². The molecule has 0 aliphatic carbocycles. The summed E-state index contributed by atoms with van der Waals surface area (Å²) in [5, 5.41) is 7.36. The van der Waals surface area contributed by atoms with Gasteiger partial charge in [-0.25, -0.2) is 9.97 Å². The van der Waals surface area contributed by atoms with Gasteiger partial charge >= 0.3 is 0 Å². The smallest absolute Gasteiger partial charge is 0.255 e. The highest BCUT2D eigenvalue weighted by Crippen LogP contribution is 2.25. The van der Waals surface area contributed by atoms with Crippen molar-refractivity contribution in [3.63, 3.8) is 0 Å². The molecular formula is C22H34N6O3Si. The number of methoxy groups -OCH3 is 1. The van der Waals surface area contributed by atoms with Crippen LogP contribution in [-0.2, 0) is 23.3 Å². The normalized spacial score (nSPS) is 13.0. The van der Waals surface area contributed by atoms with E-state index in [0.717, 1.165) is 17.3 Å². The molecule has 1 N–H and O–H groups in total. The Morgan fingerprint density at radius 1 is 1.28 bits per heavy atom. The predicted octanol–water partition coefficient (Wildman–Crippen LogP) is 3.22. The lowest BCUT2D eigenvalue weighted by atomic mass is 10.2. The summed E-state index contributed by atoms with van der Waals surface area (Å²) in [5.41, 5.74) is 4.05. The molecule has 0 saturated heterocycles. The molecule has 0 fully saturated rings. The first-order valence-electron chi connectivity index (χ1n) is 10.8. The van der Waals surface area contributed by atoms with Gasteiger partial charge in [0.25, 0.3) is 5.91 Å². The van der Waals surface area contributed by atoms with Gasteiger partial charge < -0.3 is 19.4 Å². The molecule has 3 aromatic heterocycles. The van der Waals surface area contributed by atoms with Crippen molar-refractivity contribution in [3.8, 4) is 11.3 Å². The minimum absolute atomic E-state index is 0.129. The molecule has 0 aliphatic heterocycles. The number of nitrogens with zero attached hydrogens (tertiary/aromatic N) is 5. The SMILES string of the molecule is COC[C@H](C)NC(=O)c1cn(COCC[Si](C)(C)C)c2ncc(-c3cn(C)nc3C)nc12. The zero-order valence-corrected chi connectivity index (χ0v) is 21.1. The minimum atomic E-state index is -1.18. The number of rotatable bonds is 10. The molecule has 10 heteroatoms. The van der Waals surface area contributed by atoms with Crippen LogP contribution in [0.15, 0.2) is 18.6 Å². The van der Waals surface area contributed by atoms with Crippen LogP contribution in [0.4, 0.5) is 0 Å². The lowest BCUT2D eigenvalue weighted by Gasteiger charge is -2.15. The standard InChI is InChI=1S/C22H34N6O3Si/c1-15(13-30-4)24-22(29)18-12-28(14-31-8-9-32(5,6)7)21-20(18)25-19(10-23-21)17-11-27(3)26-16(17)2/h10-12,15H,8-9,13-14H2,1-7H3,(H,24,29)/t15-/m0/s1. The van der Waals surface area contributed by atoms with Gasteiger partial charge in [0.05, 0.1) is 29.8 Å². The minimum Gasteiger partial charge on any atom is -0.383 e. The second kappa shape index (κ2) is 9.93. The summed E-state index contributed by atoms with van der Waals surface area (Å²) in [6, 6.07) is 0.945. The van der Waals surface area contributed by atoms with Gasteiger partial charge in [-0.1, -0.05) is 19.6 Å². The fourth-order valence-electron chi connectivity index (χ4n) is 3.43. The highest BCUT2D eigenvalue weighted by Gasteiger charge is 2.21. The van der Waals surface area contributed by atoms with Crippen molar-refractivity contribution < 1.29 is 14.3 Å². The number of hydrogen-bond acceptors (Lipinski definition) is 6. The molecule has 3 heterocycles. The maximum atomic E-state index is 13.0. The summed E-state index contributed by atoms with van der Waals surface area (Å²) in [5.74, 6) is -0.213. The zero-order valence-electron chi connectivity index (χ0n) is 20.1. The van der Waals surface area contributed by atoms with E-state index in [1.165, 1.54) is 0 Å². The first kappa shape index (κ1) is 24.1. The lowest BCUT2D eigenvalue weighted by Crippen LogP contribution is -2.35. The van der Waals surface area contributed by atoms with Crippen molar-refractivity contribution in [3.05, 3.63) is 29.8 Å². The van der Waals surface area contributed by atoms with Gasteiger partial charge in [0, 0.05) is 52.8 Å². The number of aryl methyl sites for hydroxylation is 2. The molecule has 0 radical (unpaired) electrons. The van der Waals surface area contributed by atoms with Crippen LogP contribution >= 0.6 is 0 Å². The molecule has 1 amide bonds. The van der Waals surface area contributed by atoms with Crippen LogP contribution in [0.5, 0.6) is 0 Å². The topological polar surface area (TPSA) is 96.1 Å². The summed E-state index contributed by atoms with van der Waals surface area (Å²) in [6.45, 7) is 12.2. The number of hydrogen-bond donors (Lipinski definition) is 1. The number of carbonyl (C=O) groups excluding carboxylic acids is 1. The Hall–Kier alpha value is -2.56. The zero-order chi connectivity index (χ0) is 23.5. The van der Waals surface area contributed by atoms with E-state index in [1.54, 1.807) is 24.2 Å². The van der Waals surface area contributed by atoms with Crippen LogP contribution in [0.1, 0.15) is 23.0 Å². The van der Waals surface area contributed by atoms with Gasteiger partial charge in [0.2, 0.25) is 0 Å². The maximum Gasteiger partial charge on any atom is 0.255 e. The van der Waals surface area contributed by atoms with E-state index in [1.807, 2.05) is 31.7 Å². The van der Waals surface area contributed by atoms with Gasteiger partial charge in [-0.2, -0.15) is 5.10 Å². The summed E-state index contributed by atoms with van der Waals surface area (Å²) < 4.78 is 14.7. The van der Waals surface area contributed by atoms with Gasteiger partial charge in [-0.15, -0.1) is 0 Å². The number of ether oxygens (including phenoxy) is 2. The van der Waals surface area contributed by atoms with Crippen LogP contribution in [0.25, 0.3) is 22.4 Å². The molecule has 174 valence electrons. The molecule has 0 bridgehead atoms. The van der Waals surface area contributed by atoms with Crippen LogP contribution in [-0.4, -0.2) is 64.7 Å². The molecule has 3 rings (SSSR count). The highest BCUT2D eigenvalue weighted by atomic mass is 28.3. The molecule has 1 atom stereocenters. The Bertz CT molecular complexity index is 1090. The number of amides is 1. The van der Waals surface area contributed by atoms with Crippen molar-refractivity contribution >= 4 is 25.1 Å². The Labute approximate surface area is 190 Å². The van der Waals surface area contributed by atoms with Gasteiger partial charge in [-0.3, -0.25) is 9.48 Å². The second-order valence-corrected chi connectivity index (χ2v) is 15.0. The first-order valence-corrected chi connectivity index (χ1v) is 14.5. The molecule has 3 aromatic rings. The highest BCUT2D eigenvalue weighted by molar-refractivity contribution is 6.76. The van der Waals surface area contributed by atoms with Crippen LogP contribution < -0.4 is 5.32 Å². The number of aromatic nitrogens is 5. The number of nitrogens with one attached hydrogen (secondary N) is 1. The van der Waals surface area contributed by atoms with E-state index in [-0.39, 0.29) is 11.9 Å². The van der Waals surface area contributed by atoms with E-state index in [0.29, 0.717) is 42.4 Å². The van der Waals surface area contributed by atoms with Crippen molar-refractivity contribution in [2.24, 2.45) is 7.05 Å². The average Bonchev–Trinajstić information content (AvgIpc) is 3.23. The van der Waals surface area contributed by atoms with Gasteiger partial charge in [-0.05, 0) is 19.9 Å². The van der Waals surface area contributed by atoms with E-state index >= 15 is 0 Å². The van der Waals surface area contributed by atoms with Crippen molar-refractivity contribution in [1.29, 1.82) is 0 Å². The van der Waals surface area contributed by atoms with E-state index in [9.17, 15) is 4.79 Å². The predicted molar refractivity (Wildman–Crippen MR) is 127 cm³/mol. The number of carbonyl (C=O) groups is 1. The molecule has 32 heavy (non-hydrogen) atoms. The molecular weight excluding hydrogens is 424 g/mol. The van der Waals surface area contributed by atoms with Crippen molar-refractivity contribution in [1.82, 2.24) is 29.6 Å². The summed E-state index contributed by atoms with van der Waals surface area (Å²) >= 11 is 0. The summed E-state index contributed by atoms with van der Waals surface area (Å²) in [7, 11) is 2.30. The summed E-state index contributed by atoms with van der Waals surface area (Å²) in [6.07, 6.45) is 5.40. The van der Waals surface area contributed by atoms with E-state index in [4.69, 9.17) is 14.5 Å². The third-order valence-electron chi connectivity index (χ3n) is 5.12. The summed E-state index contributed by atoms with van der Waals surface area (Å²) in [4.78, 5) is 22.5. The number of fused-ring (bicyclic) bond motifs is 1. The van der Waals surface area contributed by atoms with Gasteiger partial charge in [0.15, 0.2) is 5.65 Å². The quantitative estimate of drug-likeness (QED) is 0.370. The van der Waals surface area contributed by atoms with E-state index in [2.05, 4.69) is 35.0 Å². The molecule has 9 nitrogen and oxygen atoms in total. The maximum absolute atomic E-state index is 13.0. The molecule has 0 aromatic carbocycles.